The number of benzene rings is 1. The van der Waals surface area contributed by atoms with Crippen LogP contribution in [0.4, 0.5) is 0 Å². The van der Waals surface area contributed by atoms with Crippen LogP contribution in [-0.2, 0) is 5.75 Å². The first-order chi connectivity index (χ1) is 11.8. The molecule has 0 saturated heterocycles. The topological polar surface area (TPSA) is 56.5 Å². The summed E-state index contributed by atoms with van der Waals surface area (Å²) >= 11 is 7.72. The van der Waals surface area contributed by atoms with Crippen molar-refractivity contribution in [3.63, 3.8) is 0 Å². The van der Waals surface area contributed by atoms with E-state index in [1.165, 1.54) is 0 Å². The quantitative estimate of drug-likeness (QED) is 0.407. The van der Waals surface area contributed by atoms with Gasteiger partial charge < -0.3 is 0 Å². The predicted octanol–water partition coefficient (Wildman–Crippen LogP) is 4.16. The smallest absolute Gasteiger partial charge is 0.167 e. The van der Waals surface area contributed by atoms with Gasteiger partial charge in [0.2, 0.25) is 0 Å². The number of halogens is 1. The van der Waals surface area contributed by atoms with E-state index in [1.807, 2.05) is 42.6 Å². The minimum Gasteiger partial charge on any atom is -0.264 e. The molecule has 7 heteroatoms. The fourth-order valence-electron chi connectivity index (χ4n) is 2.37. The molecule has 5 nitrogen and oxygen atoms in total. The summed E-state index contributed by atoms with van der Waals surface area (Å²) < 4.78 is 1.77. The zero-order valence-corrected chi connectivity index (χ0v) is 14.1. The second-order valence-corrected chi connectivity index (χ2v) is 6.50. The summed E-state index contributed by atoms with van der Waals surface area (Å²) in [6.07, 6.45) is 6.99. The first-order valence-corrected chi connectivity index (χ1v) is 8.64. The highest BCUT2D eigenvalue weighted by molar-refractivity contribution is 7.98. The molecule has 1 aromatic carbocycles. The van der Waals surface area contributed by atoms with Gasteiger partial charge in [-0.15, -0.1) is 11.8 Å². The molecule has 0 N–H and O–H groups in total. The largest absolute Gasteiger partial charge is 0.264 e. The van der Waals surface area contributed by atoms with Gasteiger partial charge in [-0.1, -0.05) is 23.7 Å². The van der Waals surface area contributed by atoms with Crippen molar-refractivity contribution in [3.8, 4) is 5.69 Å². The van der Waals surface area contributed by atoms with Gasteiger partial charge in [-0.2, -0.15) is 5.10 Å². The SMILES string of the molecule is Clc1cccc(-n2ncc3c(SCc4cccnc4)ncnc32)c1. The number of hydrogen-bond donors (Lipinski definition) is 0. The summed E-state index contributed by atoms with van der Waals surface area (Å²) in [4.78, 5) is 12.9. The molecule has 0 amide bonds. The van der Waals surface area contributed by atoms with Gasteiger partial charge >= 0.3 is 0 Å². The second kappa shape index (κ2) is 6.59. The highest BCUT2D eigenvalue weighted by Gasteiger charge is 2.12. The molecule has 0 aliphatic rings. The molecule has 0 atom stereocenters. The lowest BCUT2D eigenvalue weighted by Crippen LogP contribution is -1.97. The summed E-state index contributed by atoms with van der Waals surface area (Å²) in [7, 11) is 0. The van der Waals surface area contributed by atoms with Gasteiger partial charge in [-0.3, -0.25) is 4.98 Å². The average molecular weight is 354 g/mol. The Kier molecular flexibility index (Phi) is 4.15. The number of thioether (sulfide) groups is 1. The van der Waals surface area contributed by atoms with E-state index < -0.39 is 0 Å². The minimum absolute atomic E-state index is 0.663. The summed E-state index contributed by atoms with van der Waals surface area (Å²) in [5.41, 5.74) is 2.79. The molecule has 0 aliphatic carbocycles. The summed E-state index contributed by atoms with van der Waals surface area (Å²) in [6.45, 7) is 0. The highest BCUT2D eigenvalue weighted by atomic mass is 35.5. The van der Waals surface area contributed by atoms with Crippen molar-refractivity contribution >= 4 is 34.4 Å². The number of nitrogens with zero attached hydrogens (tertiary/aromatic N) is 5. The van der Waals surface area contributed by atoms with Crippen molar-refractivity contribution in [1.29, 1.82) is 0 Å². The van der Waals surface area contributed by atoms with Gasteiger partial charge in [0.25, 0.3) is 0 Å². The summed E-state index contributed by atoms with van der Waals surface area (Å²) in [5, 5.41) is 6.94. The van der Waals surface area contributed by atoms with E-state index >= 15 is 0 Å². The van der Waals surface area contributed by atoms with Gasteiger partial charge in [0.05, 0.1) is 17.3 Å². The predicted molar refractivity (Wildman–Crippen MR) is 95.5 cm³/mol. The third kappa shape index (κ3) is 2.98. The van der Waals surface area contributed by atoms with Crippen LogP contribution in [0.15, 0.2) is 66.3 Å². The Hall–Kier alpha value is -2.44. The fraction of sp³-hybridized carbons (Fsp3) is 0.0588. The van der Waals surface area contributed by atoms with E-state index in [-0.39, 0.29) is 0 Å². The molecule has 24 heavy (non-hydrogen) atoms. The van der Waals surface area contributed by atoms with E-state index in [2.05, 4.69) is 20.1 Å². The van der Waals surface area contributed by atoms with Crippen molar-refractivity contribution in [3.05, 3.63) is 71.9 Å². The van der Waals surface area contributed by atoms with E-state index in [4.69, 9.17) is 11.6 Å². The number of aromatic nitrogens is 5. The van der Waals surface area contributed by atoms with Gasteiger partial charge in [-0.05, 0) is 29.8 Å². The van der Waals surface area contributed by atoms with Crippen LogP contribution in [0.2, 0.25) is 5.02 Å². The summed E-state index contributed by atoms with van der Waals surface area (Å²) in [5.74, 6) is 0.794. The molecule has 0 bridgehead atoms. The maximum absolute atomic E-state index is 6.08. The molecule has 4 rings (SSSR count). The molecular weight excluding hydrogens is 342 g/mol. The van der Waals surface area contributed by atoms with Gasteiger partial charge in [-0.25, -0.2) is 14.6 Å². The Morgan fingerprint density at radius 2 is 2.04 bits per heavy atom. The molecule has 4 aromatic rings. The van der Waals surface area contributed by atoms with Crippen molar-refractivity contribution in [1.82, 2.24) is 24.7 Å². The molecule has 3 heterocycles. The van der Waals surface area contributed by atoms with Crippen LogP contribution >= 0.6 is 23.4 Å². The second-order valence-electron chi connectivity index (χ2n) is 5.10. The molecule has 118 valence electrons. The third-order valence-electron chi connectivity index (χ3n) is 3.48. The number of fused-ring (bicyclic) bond motifs is 1. The normalized spacial score (nSPS) is 11.0. The van der Waals surface area contributed by atoms with Crippen LogP contribution in [-0.4, -0.2) is 24.7 Å². The number of hydrogen-bond acceptors (Lipinski definition) is 5. The third-order valence-corrected chi connectivity index (χ3v) is 4.79. The number of pyridine rings is 1. The maximum Gasteiger partial charge on any atom is 0.167 e. The lowest BCUT2D eigenvalue weighted by Gasteiger charge is -2.04. The molecule has 0 fully saturated rings. The number of rotatable bonds is 4. The fourth-order valence-corrected chi connectivity index (χ4v) is 3.45. The monoisotopic (exact) mass is 353 g/mol. The van der Waals surface area contributed by atoms with Crippen molar-refractivity contribution < 1.29 is 0 Å². The molecule has 3 aromatic heterocycles. The Balaban J connectivity index is 1.69. The molecule has 0 radical (unpaired) electrons. The van der Waals surface area contributed by atoms with E-state index in [1.54, 1.807) is 35.2 Å². The Morgan fingerprint density at radius 3 is 2.88 bits per heavy atom. The molecule has 0 aliphatic heterocycles. The van der Waals surface area contributed by atoms with Crippen LogP contribution in [0.3, 0.4) is 0 Å². The van der Waals surface area contributed by atoms with Crippen molar-refractivity contribution in [2.75, 3.05) is 0 Å². The van der Waals surface area contributed by atoms with Crippen LogP contribution in [0.1, 0.15) is 5.56 Å². The van der Waals surface area contributed by atoms with Crippen molar-refractivity contribution in [2.24, 2.45) is 0 Å². The van der Waals surface area contributed by atoms with E-state index in [0.717, 1.165) is 33.1 Å². The minimum atomic E-state index is 0.663. The zero-order valence-electron chi connectivity index (χ0n) is 12.5. The maximum atomic E-state index is 6.08. The molecule has 0 spiro atoms. The highest BCUT2D eigenvalue weighted by Crippen LogP contribution is 2.28. The van der Waals surface area contributed by atoms with Crippen LogP contribution in [0.25, 0.3) is 16.7 Å². The first-order valence-electron chi connectivity index (χ1n) is 7.27. The van der Waals surface area contributed by atoms with Gasteiger partial charge in [0.15, 0.2) is 5.65 Å². The molecule has 0 unspecified atom stereocenters. The Labute approximate surface area is 147 Å². The van der Waals surface area contributed by atoms with Gasteiger partial charge in [0, 0.05) is 23.2 Å². The van der Waals surface area contributed by atoms with Crippen molar-refractivity contribution in [2.45, 2.75) is 10.8 Å². The molecule has 0 saturated carbocycles. The Bertz CT molecular complexity index is 987. The Morgan fingerprint density at radius 1 is 1.08 bits per heavy atom. The van der Waals surface area contributed by atoms with Gasteiger partial charge in [0.1, 0.15) is 11.4 Å². The average Bonchev–Trinajstić information content (AvgIpc) is 3.05. The van der Waals surface area contributed by atoms with Crippen LogP contribution < -0.4 is 0 Å². The summed E-state index contributed by atoms with van der Waals surface area (Å²) in [6, 6.07) is 11.5. The standard InChI is InChI=1S/C17H12ClN5S/c18-13-4-1-5-14(7-13)23-16-15(9-22-23)17(21-11-20-16)24-10-12-3-2-6-19-8-12/h1-9,11H,10H2. The first kappa shape index (κ1) is 15.1. The zero-order chi connectivity index (χ0) is 16.4. The van der Waals surface area contributed by atoms with E-state index in [0.29, 0.717) is 5.02 Å². The lowest BCUT2D eigenvalue weighted by atomic mass is 10.3. The van der Waals surface area contributed by atoms with Crippen LogP contribution in [0, 0.1) is 0 Å². The van der Waals surface area contributed by atoms with Crippen LogP contribution in [0.5, 0.6) is 0 Å². The molecular formula is C17H12ClN5S. The lowest BCUT2D eigenvalue weighted by molar-refractivity contribution is 0.893. The van der Waals surface area contributed by atoms with E-state index in [9.17, 15) is 0 Å².